The number of nitrogens with one attached hydrogen (secondary N) is 1. The second kappa shape index (κ2) is 6.60. The Labute approximate surface area is 126 Å². The SMILES string of the molecule is CN(C)CC1CC(O)CN1C(=O)CC1CS(=O)(=O)CCN1. The molecular weight excluding hydrogens is 294 g/mol. The Hall–Kier alpha value is -0.700. The molecule has 3 atom stereocenters. The molecule has 1 amide bonds. The van der Waals surface area contributed by atoms with Crippen molar-refractivity contribution in [1.29, 1.82) is 0 Å². The van der Waals surface area contributed by atoms with Gasteiger partial charge in [0.1, 0.15) is 0 Å². The van der Waals surface area contributed by atoms with Gasteiger partial charge in [0.2, 0.25) is 5.91 Å². The van der Waals surface area contributed by atoms with Crippen molar-refractivity contribution in [3.8, 4) is 0 Å². The van der Waals surface area contributed by atoms with E-state index in [1.54, 1.807) is 4.90 Å². The average Bonchev–Trinajstić information content (AvgIpc) is 2.68. The van der Waals surface area contributed by atoms with E-state index in [4.69, 9.17) is 0 Å². The second-order valence-corrected chi connectivity index (χ2v) is 8.55. The van der Waals surface area contributed by atoms with Crippen molar-refractivity contribution < 1.29 is 18.3 Å². The number of rotatable bonds is 4. The van der Waals surface area contributed by atoms with E-state index in [1.165, 1.54) is 0 Å². The molecular formula is C13H25N3O4S. The van der Waals surface area contributed by atoms with E-state index in [9.17, 15) is 18.3 Å². The van der Waals surface area contributed by atoms with E-state index in [2.05, 4.69) is 5.32 Å². The van der Waals surface area contributed by atoms with Gasteiger partial charge in [-0.25, -0.2) is 8.42 Å². The highest BCUT2D eigenvalue weighted by molar-refractivity contribution is 7.91. The number of β-amino-alcohol motifs (C(OH)–C–C–N with tert-alkyl or cyclic N) is 1. The zero-order chi connectivity index (χ0) is 15.6. The highest BCUT2D eigenvalue weighted by Crippen LogP contribution is 2.20. The van der Waals surface area contributed by atoms with Gasteiger partial charge in [0.15, 0.2) is 9.84 Å². The molecule has 2 rings (SSSR count). The van der Waals surface area contributed by atoms with Crippen LogP contribution in [0.1, 0.15) is 12.8 Å². The minimum atomic E-state index is -3.04. The Kier molecular flexibility index (Phi) is 5.24. The first-order valence-corrected chi connectivity index (χ1v) is 9.15. The largest absolute Gasteiger partial charge is 0.391 e. The third-order valence-electron chi connectivity index (χ3n) is 4.01. The Morgan fingerprint density at radius 3 is 2.76 bits per heavy atom. The van der Waals surface area contributed by atoms with Crippen LogP contribution < -0.4 is 5.32 Å². The summed E-state index contributed by atoms with van der Waals surface area (Å²) in [5, 5.41) is 12.9. The average molecular weight is 319 g/mol. The van der Waals surface area contributed by atoms with Crippen molar-refractivity contribution in [2.24, 2.45) is 0 Å². The van der Waals surface area contributed by atoms with Crippen molar-refractivity contribution in [2.75, 3.05) is 45.2 Å². The van der Waals surface area contributed by atoms with Gasteiger partial charge in [0.05, 0.1) is 17.6 Å². The molecule has 2 aliphatic rings. The van der Waals surface area contributed by atoms with E-state index >= 15 is 0 Å². The molecule has 21 heavy (non-hydrogen) atoms. The second-order valence-electron chi connectivity index (χ2n) is 6.32. The zero-order valence-corrected chi connectivity index (χ0v) is 13.5. The monoisotopic (exact) mass is 319 g/mol. The van der Waals surface area contributed by atoms with Gasteiger partial charge in [0, 0.05) is 38.1 Å². The number of sulfone groups is 1. The molecule has 2 fully saturated rings. The maximum atomic E-state index is 12.4. The van der Waals surface area contributed by atoms with E-state index < -0.39 is 15.9 Å². The van der Waals surface area contributed by atoms with Crippen LogP contribution in [0.2, 0.25) is 0 Å². The summed E-state index contributed by atoms with van der Waals surface area (Å²) in [6.07, 6.45) is 0.276. The molecule has 0 bridgehead atoms. The number of carbonyl (C=O) groups excluding carboxylic acids is 1. The topological polar surface area (TPSA) is 90.0 Å². The predicted molar refractivity (Wildman–Crippen MR) is 79.7 cm³/mol. The van der Waals surface area contributed by atoms with E-state index in [-0.39, 0.29) is 35.9 Å². The lowest BCUT2D eigenvalue weighted by molar-refractivity contribution is -0.133. The Balaban J connectivity index is 1.95. The summed E-state index contributed by atoms with van der Waals surface area (Å²) in [5.74, 6) is 0.0876. The summed E-state index contributed by atoms with van der Waals surface area (Å²) in [4.78, 5) is 16.1. The molecule has 8 heteroatoms. The summed E-state index contributed by atoms with van der Waals surface area (Å²) in [7, 11) is 0.831. The number of likely N-dealkylation sites (tertiary alicyclic amines) is 1. The lowest BCUT2D eigenvalue weighted by atomic mass is 10.1. The van der Waals surface area contributed by atoms with Gasteiger partial charge in [0.25, 0.3) is 0 Å². The number of carbonyl (C=O) groups is 1. The number of aliphatic hydroxyl groups is 1. The van der Waals surface area contributed by atoms with E-state index in [0.717, 1.165) is 0 Å². The summed E-state index contributed by atoms with van der Waals surface area (Å²) >= 11 is 0. The molecule has 3 unspecified atom stereocenters. The van der Waals surface area contributed by atoms with Gasteiger partial charge < -0.3 is 20.2 Å². The molecule has 0 saturated carbocycles. The third-order valence-corrected chi connectivity index (χ3v) is 5.75. The van der Waals surface area contributed by atoms with Crippen LogP contribution in [-0.4, -0.2) is 92.7 Å². The van der Waals surface area contributed by atoms with Crippen LogP contribution in [-0.2, 0) is 14.6 Å². The smallest absolute Gasteiger partial charge is 0.224 e. The minimum absolute atomic E-state index is 0.00250. The van der Waals surface area contributed by atoms with Crippen molar-refractivity contribution in [1.82, 2.24) is 15.1 Å². The molecule has 0 radical (unpaired) electrons. The number of hydrogen-bond acceptors (Lipinski definition) is 6. The Bertz CT molecular complexity index is 480. The maximum absolute atomic E-state index is 12.4. The lowest BCUT2D eigenvalue weighted by Crippen LogP contribution is -2.49. The van der Waals surface area contributed by atoms with E-state index in [1.807, 2.05) is 19.0 Å². The van der Waals surface area contributed by atoms with Crippen molar-refractivity contribution in [3.05, 3.63) is 0 Å². The highest BCUT2D eigenvalue weighted by Gasteiger charge is 2.36. The molecule has 2 heterocycles. The standard InChI is InChI=1S/C13H25N3O4S/c1-15(2)7-11-6-12(17)8-16(11)13(18)5-10-9-21(19,20)4-3-14-10/h10-12,14,17H,3-9H2,1-2H3. The van der Waals surface area contributed by atoms with Crippen LogP contribution in [0.4, 0.5) is 0 Å². The highest BCUT2D eigenvalue weighted by atomic mass is 32.2. The normalized spacial score (nSPS) is 32.6. The number of likely N-dealkylation sites (N-methyl/N-ethyl adjacent to an activating group) is 1. The van der Waals surface area contributed by atoms with Crippen LogP contribution in [0.15, 0.2) is 0 Å². The van der Waals surface area contributed by atoms with Crippen LogP contribution in [0.25, 0.3) is 0 Å². The molecule has 7 nitrogen and oxygen atoms in total. The Morgan fingerprint density at radius 2 is 2.14 bits per heavy atom. The predicted octanol–water partition coefficient (Wildman–Crippen LogP) is -1.71. The number of aliphatic hydroxyl groups excluding tert-OH is 1. The molecule has 0 aromatic heterocycles. The lowest BCUT2D eigenvalue weighted by Gasteiger charge is -2.29. The minimum Gasteiger partial charge on any atom is -0.391 e. The number of amides is 1. The van der Waals surface area contributed by atoms with Gasteiger partial charge in [-0.2, -0.15) is 0 Å². The fourth-order valence-electron chi connectivity index (χ4n) is 3.12. The summed E-state index contributed by atoms with van der Waals surface area (Å²) < 4.78 is 23.2. The Morgan fingerprint density at radius 1 is 1.43 bits per heavy atom. The molecule has 122 valence electrons. The molecule has 0 aliphatic carbocycles. The van der Waals surface area contributed by atoms with Crippen molar-refractivity contribution in [3.63, 3.8) is 0 Å². The van der Waals surface area contributed by atoms with Gasteiger partial charge in [-0.15, -0.1) is 0 Å². The number of nitrogens with zero attached hydrogens (tertiary/aromatic N) is 2. The first-order chi connectivity index (χ1) is 9.77. The van der Waals surface area contributed by atoms with E-state index in [0.29, 0.717) is 26.1 Å². The summed E-state index contributed by atoms with van der Waals surface area (Å²) in [5.41, 5.74) is 0. The molecule has 2 N–H and O–H groups in total. The zero-order valence-electron chi connectivity index (χ0n) is 12.7. The quantitative estimate of drug-likeness (QED) is 0.641. The number of hydrogen-bond donors (Lipinski definition) is 2. The fraction of sp³-hybridized carbons (Fsp3) is 0.923. The van der Waals surface area contributed by atoms with Gasteiger partial charge in [-0.3, -0.25) is 4.79 Å². The van der Waals surface area contributed by atoms with Crippen LogP contribution >= 0.6 is 0 Å². The van der Waals surface area contributed by atoms with Crippen LogP contribution in [0.5, 0.6) is 0 Å². The summed E-state index contributed by atoms with van der Waals surface area (Å²) in [6, 6.07) is -0.309. The van der Waals surface area contributed by atoms with Gasteiger partial charge in [-0.05, 0) is 20.5 Å². The van der Waals surface area contributed by atoms with Crippen molar-refractivity contribution >= 4 is 15.7 Å². The maximum Gasteiger partial charge on any atom is 0.224 e. The van der Waals surface area contributed by atoms with Gasteiger partial charge >= 0.3 is 0 Å². The fourth-order valence-corrected chi connectivity index (χ4v) is 4.56. The molecule has 2 aliphatic heterocycles. The first-order valence-electron chi connectivity index (χ1n) is 7.33. The molecule has 0 spiro atoms. The third kappa shape index (κ3) is 4.64. The molecule has 0 aromatic carbocycles. The van der Waals surface area contributed by atoms with Crippen LogP contribution in [0, 0.1) is 0 Å². The molecule has 2 saturated heterocycles. The van der Waals surface area contributed by atoms with Crippen molar-refractivity contribution in [2.45, 2.75) is 31.0 Å². The van der Waals surface area contributed by atoms with Gasteiger partial charge in [-0.1, -0.05) is 0 Å². The summed E-state index contributed by atoms with van der Waals surface area (Å²) in [6.45, 7) is 1.46. The first kappa shape index (κ1) is 16.7. The van der Waals surface area contributed by atoms with Crippen LogP contribution in [0.3, 0.4) is 0 Å². The molecule has 0 aromatic rings.